The first-order chi connectivity index (χ1) is 12.3. The van der Waals surface area contributed by atoms with Crippen molar-refractivity contribution in [3.05, 3.63) is 23.8 Å². The molecular formula is C17H20N2O7. The van der Waals surface area contributed by atoms with Crippen molar-refractivity contribution in [1.82, 2.24) is 10.2 Å². The lowest BCUT2D eigenvalue weighted by Gasteiger charge is -2.18. The van der Waals surface area contributed by atoms with Gasteiger partial charge in [-0.25, -0.2) is 9.59 Å². The molecule has 140 valence electrons. The van der Waals surface area contributed by atoms with Gasteiger partial charge in [-0.15, -0.1) is 0 Å². The number of amides is 3. The van der Waals surface area contributed by atoms with E-state index in [1.54, 1.807) is 6.07 Å². The molecule has 9 nitrogen and oxygen atoms in total. The molecule has 1 heterocycles. The van der Waals surface area contributed by atoms with Crippen LogP contribution in [-0.4, -0.2) is 61.5 Å². The molecule has 1 saturated heterocycles. The summed E-state index contributed by atoms with van der Waals surface area (Å²) in [5.41, 5.74) is 0.444. The van der Waals surface area contributed by atoms with Gasteiger partial charge in [0.2, 0.25) is 0 Å². The van der Waals surface area contributed by atoms with Crippen LogP contribution in [0.5, 0.6) is 11.5 Å². The molecule has 0 saturated carbocycles. The van der Waals surface area contributed by atoms with Crippen LogP contribution in [0.1, 0.15) is 24.2 Å². The molecule has 0 radical (unpaired) electrons. The third-order valence-electron chi connectivity index (χ3n) is 3.69. The summed E-state index contributed by atoms with van der Waals surface area (Å²) < 4.78 is 15.5. The molecule has 1 aliphatic heterocycles. The van der Waals surface area contributed by atoms with Gasteiger partial charge >= 0.3 is 12.0 Å². The van der Waals surface area contributed by atoms with E-state index in [0.29, 0.717) is 17.9 Å². The lowest BCUT2D eigenvalue weighted by molar-refractivity contribution is -0.159. The van der Waals surface area contributed by atoms with E-state index in [1.165, 1.54) is 33.1 Å². The first-order valence-corrected chi connectivity index (χ1v) is 7.94. The summed E-state index contributed by atoms with van der Waals surface area (Å²) in [7, 11) is 1.41. The number of nitrogens with one attached hydrogen (secondary N) is 1. The van der Waals surface area contributed by atoms with Crippen LogP contribution in [0.25, 0.3) is 0 Å². The number of Topliss-reactive ketones (excluding diaryl/α,β-unsaturated/α-hetero) is 1. The van der Waals surface area contributed by atoms with Gasteiger partial charge in [-0.05, 0) is 32.0 Å². The predicted octanol–water partition coefficient (Wildman–Crippen LogP) is 0.760. The fourth-order valence-corrected chi connectivity index (χ4v) is 2.33. The van der Waals surface area contributed by atoms with Crippen molar-refractivity contribution >= 4 is 23.7 Å². The maximum atomic E-state index is 12.1. The van der Waals surface area contributed by atoms with Gasteiger partial charge in [0, 0.05) is 18.7 Å². The molecule has 0 aliphatic carbocycles. The zero-order valence-corrected chi connectivity index (χ0v) is 14.7. The number of ketones is 1. The minimum atomic E-state index is -1.11. The second-order valence-electron chi connectivity index (χ2n) is 5.56. The van der Waals surface area contributed by atoms with Gasteiger partial charge < -0.3 is 19.5 Å². The zero-order chi connectivity index (χ0) is 19.3. The zero-order valence-electron chi connectivity index (χ0n) is 14.7. The van der Waals surface area contributed by atoms with Crippen LogP contribution < -0.4 is 14.8 Å². The average molecular weight is 364 g/mol. The monoisotopic (exact) mass is 364 g/mol. The van der Waals surface area contributed by atoms with Crippen LogP contribution in [0.4, 0.5) is 4.79 Å². The van der Waals surface area contributed by atoms with Gasteiger partial charge in [0.15, 0.2) is 30.0 Å². The average Bonchev–Trinajstić information content (AvgIpc) is 3.04. The van der Waals surface area contributed by atoms with Crippen molar-refractivity contribution < 1.29 is 33.4 Å². The third kappa shape index (κ3) is 4.50. The molecular weight excluding hydrogens is 344 g/mol. The molecule has 9 heteroatoms. The number of rotatable bonds is 7. The van der Waals surface area contributed by atoms with Crippen molar-refractivity contribution in [2.45, 2.75) is 20.0 Å². The number of hydrogen-bond donors (Lipinski definition) is 1. The van der Waals surface area contributed by atoms with Crippen molar-refractivity contribution in [2.75, 3.05) is 26.8 Å². The van der Waals surface area contributed by atoms with E-state index in [1.807, 2.05) is 0 Å². The number of imide groups is 1. The quantitative estimate of drug-likeness (QED) is 0.561. The summed E-state index contributed by atoms with van der Waals surface area (Å²) >= 11 is 0. The molecule has 26 heavy (non-hydrogen) atoms. The number of carbonyl (C=O) groups excluding carboxylic acids is 4. The van der Waals surface area contributed by atoms with Crippen LogP contribution in [0.3, 0.4) is 0 Å². The van der Waals surface area contributed by atoms with Crippen molar-refractivity contribution in [3.63, 3.8) is 0 Å². The second kappa shape index (κ2) is 8.32. The molecule has 1 atom stereocenters. The Balaban J connectivity index is 1.91. The highest BCUT2D eigenvalue weighted by Gasteiger charge is 2.31. The topological polar surface area (TPSA) is 111 Å². The molecule has 1 aliphatic rings. The van der Waals surface area contributed by atoms with Gasteiger partial charge in [-0.1, -0.05) is 0 Å². The largest absolute Gasteiger partial charge is 0.493 e. The Morgan fingerprint density at radius 3 is 2.58 bits per heavy atom. The summed E-state index contributed by atoms with van der Waals surface area (Å²) in [6.45, 7) is 2.94. The minimum Gasteiger partial charge on any atom is -0.493 e. The van der Waals surface area contributed by atoms with Crippen LogP contribution in [0.2, 0.25) is 0 Å². The smallest absolute Gasteiger partial charge is 0.344 e. The maximum Gasteiger partial charge on any atom is 0.344 e. The lowest BCUT2D eigenvalue weighted by Crippen LogP contribution is -2.42. The van der Waals surface area contributed by atoms with Crippen LogP contribution in [0.15, 0.2) is 18.2 Å². The number of hydrogen-bond acceptors (Lipinski definition) is 7. The first kappa shape index (κ1) is 19.2. The van der Waals surface area contributed by atoms with Crippen LogP contribution >= 0.6 is 0 Å². The van der Waals surface area contributed by atoms with Gasteiger partial charge in [0.05, 0.1) is 7.11 Å². The summed E-state index contributed by atoms with van der Waals surface area (Å²) in [6.07, 6.45) is -1.11. The highest BCUT2D eigenvalue weighted by molar-refractivity contribution is 5.98. The van der Waals surface area contributed by atoms with Crippen molar-refractivity contribution in [3.8, 4) is 11.5 Å². The number of urea groups is 1. The highest BCUT2D eigenvalue weighted by atomic mass is 16.6. The number of nitrogens with zero attached hydrogens (tertiary/aromatic N) is 1. The summed E-state index contributed by atoms with van der Waals surface area (Å²) in [5, 5.41) is 2.49. The Morgan fingerprint density at radius 1 is 1.27 bits per heavy atom. The summed E-state index contributed by atoms with van der Waals surface area (Å²) in [6, 6.07) is 4.04. The van der Waals surface area contributed by atoms with E-state index in [2.05, 4.69) is 5.32 Å². The molecule has 1 aromatic rings. The lowest BCUT2D eigenvalue weighted by atomic mass is 10.1. The van der Waals surface area contributed by atoms with Gasteiger partial charge in [-0.3, -0.25) is 14.5 Å². The number of esters is 1. The maximum absolute atomic E-state index is 12.1. The van der Waals surface area contributed by atoms with E-state index in [0.717, 1.165) is 4.90 Å². The molecule has 1 unspecified atom stereocenters. The molecule has 0 spiro atoms. The number of benzene rings is 1. The SMILES string of the molecule is COc1cc(C(C)=O)ccc1OCC(=O)OC(C)C(=O)N1CCNC1=O. The summed E-state index contributed by atoms with van der Waals surface area (Å²) in [5.74, 6) is -0.955. The van der Waals surface area contributed by atoms with Crippen LogP contribution in [-0.2, 0) is 14.3 Å². The van der Waals surface area contributed by atoms with Gasteiger partial charge in [0.25, 0.3) is 5.91 Å². The normalized spacial score (nSPS) is 14.4. The Kier molecular flexibility index (Phi) is 6.16. The standard InChI is InChI=1S/C17H20N2O7/c1-10(20)12-4-5-13(14(8-12)24-3)25-9-15(21)26-11(2)16(22)19-7-6-18-17(19)23/h4-5,8,11H,6-7,9H2,1-3H3,(H,18,23). The Morgan fingerprint density at radius 2 is 2.00 bits per heavy atom. The molecule has 1 aromatic carbocycles. The highest BCUT2D eigenvalue weighted by Crippen LogP contribution is 2.28. The Bertz CT molecular complexity index is 732. The molecule has 2 rings (SSSR count). The fraction of sp³-hybridized carbons (Fsp3) is 0.412. The summed E-state index contributed by atoms with van der Waals surface area (Å²) in [4.78, 5) is 47.8. The Labute approximate surface area is 150 Å². The van der Waals surface area contributed by atoms with Gasteiger partial charge in [0.1, 0.15) is 0 Å². The Hall–Kier alpha value is -3.10. The second-order valence-corrected chi connectivity index (χ2v) is 5.56. The minimum absolute atomic E-state index is 0.132. The molecule has 0 aromatic heterocycles. The third-order valence-corrected chi connectivity index (χ3v) is 3.69. The first-order valence-electron chi connectivity index (χ1n) is 7.94. The van der Waals surface area contributed by atoms with Crippen molar-refractivity contribution in [2.24, 2.45) is 0 Å². The fourth-order valence-electron chi connectivity index (χ4n) is 2.33. The van der Waals surface area contributed by atoms with E-state index in [-0.39, 0.29) is 18.1 Å². The van der Waals surface area contributed by atoms with E-state index < -0.39 is 30.6 Å². The molecule has 1 N–H and O–H groups in total. The van der Waals surface area contributed by atoms with Crippen LogP contribution in [0, 0.1) is 0 Å². The number of ether oxygens (including phenoxy) is 3. The van der Waals surface area contributed by atoms with Gasteiger partial charge in [-0.2, -0.15) is 0 Å². The number of carbonyl (C=O) groups is 4. The molecule has 0 bridgehead atoms. The predicted molar refractivity (Wildman–Crippen MR) is 89.2 cm³/mol. The van der Waals surface area contributed by atoms with E-state index in [4.69, 9.17) is 14.2 Å². The van der Waals surface area contributed by atoms with E-state index >= 15 is 0 Å². The molecule has 1 fully saturated rings. The molecule has 3 amide bonds. The van der Waals surface area contributed by atoms with E-state index in [9.17, 15) is 19.2 Å². The van der Waals surface area contributed by atoms with Crippen molar-refractivity contribution in [1.29, 1.82) is 0 Å². The number of methoxy groups -OCH3 is 1.